The van der Waals surface area contributed by atoms with Crippen LogP contribution in [-0.2, 0) is 5.75 Å². The number of nitro benzene ring substituents is 1. The lowest BCUT2D eigenvalue weighted by atomic mass is 10.1. The number of nitro groups is 1. The van der Waals surface area contributed by atoms with Crippen LogP contribution in [0.2, 0.25) is 0 Å². The van der Waals surface area contributed by atoms with E-state index in [4.69, 9.17) is 0 Å². The van der Waals surface area contributed by atoms with Crippen LogP contribution in [0.15, 0.2) is 42.5 Å². The van der Waals surface area contributed by atoms with Crippen LogP contribution < -0.4 is 10.6 Å². The lowest BCUT2D eigenvalue weighted by molar-refractivity contribution is -0.384. The molecule has 6 nitrogen and oxygen atoms in total. The van der Waals surface area contributed by atoms with E-state index in [0.29, 0.717) is 12.2 Å². The molecule has 0 aromatic heterocycles. The first-order valence-corrected chi connectivity index (χ1v) is 9.04. The van der Waals surface area contributed by atoms with Gasteiger partial charge < -0.3 is 10.6 Å². The Morgan fingerprint density at radius 3 is 2.56 bits per heavy atom. The van der Waals surface area contributed by atoms with Crippen molar-refractivity contribution in [1.29, 1.82) is 0 Å². The largest absolute Gasteiger partial charge is 0.387 e. The molecule has 0 atom stereocenters. The molecular formula is C18H21N3O3S. The van der Waals surface area contributed by atoms with Gasteiger partial charge in [0, 0.05) is 42.9 Å². The Hall–Kier alpha value is -2.54. The molecule has 0 saturated carbocycles. The smallest absolute Gasteiger partial charge is 0.270 e. The van der Waals surface area contributed by atoms with Crippen LogP contribution in [0, 0.1) is 17.0 Å². The molecule has 2 N–H and O–H groups in total. The highest BCUT2D eigenvalue weighted by atomic mass is 32.2. The number of non-ortho nitro benzene ring substituents is 1. The standard InChI is InChI=1S/C18H21N3O3S/c1-13-3-5-14(6-4-13)12-25-10-9-20-18(22)16-11-15(21(23)24)7-8-17(16)19-2/h3-8,11,19H,9-10,12H2,1-2H3,(H,20,22). The third kappa shape index (κ3) is 5.49. The van der Waals surface area contributed by atoms with Gasteiger partial charge in [-0.2, -0.15) is 11.8 Å². The zero-order valence-corrected chi connectivity index (χ0v) is 15.1. The van der Waals surface area contributed by atoms with E-state index in [-0.39, 0.29) is 17.2 Å². The van der Waals surface area contributed by atoms with Crippen molar-refractivity contribution in [3.63, 3.8) is 0 Å². The van der Waals surface area contributed by atoms with Crippen molar-refractivity contribution in [3.05, 3.63) is 69.3 Å². The number of nitrogens with zero attached hydrogens (tertiary/aromatic N) is 1. The number of rotatable bonds is 8. The van der Waals surface area contributed by atoms with E-state index < -0.39 is 4.92 Å². The Labute approximate surface area is 151 Å². The topological polar surface area (TPSA) is 84.3 Å². The molecule has 0 bridgehead atoms. The van der Waals surface area contributed by atoms with Gasteiger partial charge in [0.1, 0.15) is 0 Å². The quantitative estimate of drug-likeness (QED) is 0.427. The number of hydrogen-bond acceptors (Lipinski definition) is 5. The number of carbonyl (C=O) groups excluding carboxylic acids is 1. The number of aryl methyl sites for hydroxylation is 1. The second kappa shape index (κ2) is 9.08. The van der Waals surface area contributed by atoms with E-state index in [1.807, 2.05) is 0 Å². The summed E-state index contributed by atoms with van der Waals surface area (Å²) < 4.78 is 0. The number of hydrogen-bond donors (Lipinski definition) is 2. The van der Waals surface area contributed by atoms with Gasteiger partial charge in [0.15, 0.2) is 0 Å². The van der Waals surface area contributed by atoms with E-state index in [2.05, 4.69) is 41.8 Å². The van der Waals surface area contributed by atoms with Crippen LogP contribution >= 0.6 is 11.8 Å². The van der Waals surface area contributed by atoms with Crippen LogP contribution in [0.3, 0.4) is 0 Å². The van der Waals surface area contributed by atoms with E-state index in [0.717, 1.165) is 11.5 Å². The van der Waals surface area contributed by atoms with Gasteiger partial charge >= 0.3 is 0 Å². The van der Waals surface area contributed by atoms with Crippen LogP contribution in [0.1, 0.15) is 21.5 Å². The third-order valence-electron chi connectivity index (χ3n) is 3.65. The zero-order valence-electron chi connectivity index (χ0n) is 14.2. The molecule has 0 radical (unpaired) electrons. The average Bonchev–Trinajstić information content (AvgIpc) is 2.62. The molecule has 132 valence electrons. The van der Waals surface area contributed by atoms with Crippen molar-refractivity contribution in [2.75, 3.05) is 24.7 Å². The summed E-state index contributed by atoms with van der Waals surface area (Å²) in [5, 5.41) is 16.6. The monoisotopic (exact) mass is 359 g/mol. The fourth-order valence-electron chi connectivity index (χ4n) is 2.26. The maximum absolute atomic E-state index is 12.3. The Balaban J connectivity index is 1.84. The number of amides is 1. The molecular weight excluding hydrogens is 338 g/mol. The minimum atomic E-state index is -0.506. The maximum Gasteiger partial charge on any atom is 0.270 e. The zero-order chi connectivity index (χ0) is 18.2. The highest BCUT2D eigenvalue weighted by Gasteiger charge is 2.15. The van der Waals surface area contributed by atoms with Crippen molar-refractivity contribution in [3.8, 4) is 0 Å². The van der Waals surface area contributed by atoms with Crippen LogP contribution in [0.4, 0.5) is 11.4 Å². The van der Waals surface area contributed by atoms with Crippen LogP contribution in [0.25, 0.3) is 0 Å². The molecule has 7 heteroatoms. The summed E-state index contributed by atoms with van der Waals surface area (Å²) in [6.07, 6.45) is 0. The number of carbonyl (C=O) groups is 1. The van der Waals surface area contributed by atoms with E-state index in [1.165, 1.54) is 23.3 Å². The second-order valence-electron chi connectivity index (χ2n) is 5.53. The van der Waals surface area contributed by atoms with Gasteiger partial charge in [0.2, 0.25) is 0 Å². The molecule has 0 saturated heterocycles. The first-order chi connectivity index (χ1) is 12.0. The third-order valence-corrected chi connectivity index (χ3v) is 4.68. The normalized spacial score (nSPS) is 10.3. The van der Waals surface area contributed by atoms with Gasteiger partial charge in [-0.15, -0.1) is 0 Å². The molecule has 0 spiro atoms. The van der Waals surface area contributed by atoms with Gasteiger partial charge in [-0.3, -0.25) is 14.9 Å². The maximum atomic E-state index is 12.3. The molecule has 25 heavy (non-hydrogen) atoms. The highest BCUT2D eigenvalue weighted by Crippen LogP contribution is 2.21. The van der Waals surface area contributed by atoms with Gasteiger partial charge in [0.25, 0.3) is 11.6 Å². The fourth-order valence-corrected chi connectivity index (χ4v) is 3.08. The number of thioether (sulfide) groups is 1. The van der Waals surface area contributed by atoms with Crippen molar-refractivity contribution in [2.24, 2.45) is 0 Å². The summed E-state index contributed by atoms with van der Waals surface area (Å²) in [6.45, 7) is 2.56. The SMILES string of the molecule is CNc1ccc([N+](=O)[O-])cc1C(=O)NCCSCc1ccc(C)cc1. The first-order valence-electron chi connectivity index (χ1n) is 7.89. The molecule has 1 amide bonds. The minimum absolute atomic E-state index is 0.0992. The van der Waals surface area contributed by atoms with Gasteiger partial charge in [-0.05, 0) is 18.6 Å². The Morgan fingerprint density at radius 1 is 1.20 bits per heavy atom. The summed E-state index contributed by atoms with van der Waals surface area (Å²) in [4.78, 5) is 22.7. The molecule has 2 aromatic carbocycles. The molecule has 0 fully saturated rings. The lowest BCUT2D eigenvalue weighted by Gasteiger charge is -2.10. The van der Waals surface area contributed by atoms with Gasteiger partial charge in [0.05, 0.1) is 10.5 Å². The Bertz CT molecular complexity index is 748. The first kappa shape index (κ1) is 18.8. The van der Waals surface area contributed by atoms with E-state index >= 15 is 0 Å². The van der Waals surface area contributed by atoms with Crippen molar-refractivity contribution >= 4 is 29.0 Å². The number of anilines is 1. The summed E-state index contributed by atoms with van der Waals surface area (Å²) in [7, 11) is 1.68. The van der Waals surface area contributed by atoms with Crippen molar-refractivity contribution < 1.29 is 9.72 Å². The summed E-state index contributed by atoms with van der Waals surface area (Å²) in [6, 6.07) is 12.6. The Morgan fingerprint density at radius 2 is 1.92 bits per heavy atom. The predicted octanol–water partition coefficient (Wildman–Crippen LogP) is 3.61. The minimum Gasteiger partial charge on any atom is -0.387 e. The summed E-state index contributed by atoms with van der Waals surface area (Å²) in [5.41, 5.74) is 3.23. The molecule has 0 aliphatic rings. The van der Waals surface area contributed by atoms with Crippen LogP contribution in [-0.4, -0.2) is 30.2 Å². The lowest BCUT2D eigenvalue weighted by Crippen LogP contribution is -2.26. The van der Waals surface area contributed by atoms with Crippen molar-refractivity contribution in [2.45, 2.75) is 12.7 Å². The molecule has 0 heterocycles. The van der Waals surface area contributed by atoms with E-state index in [9.17, 15) is 14.9 Å². The fraction of sp³-hybridized carbons (Fsp3) is 0.278. The highest BCUT2D eigenvalue weighted by molar-refractivity contribution is 7.98. The molecule has 2 rings (SSSR count). The van der Waals surface area contributed by atoms with Crippen LogP contribution in [0.5, 0.6) is 0 Å². The van der Waals surface area contributed by atoms with Gasteiger partial charge in [-0.25, -0.2) is 0 Å². The molecule has 0 unspecified atom stereocenters. The molecule has 0 aliphatic carbocycles. The van der Waals surface area contributed by atoms with E-state index in [1.54, 1.807) is 24.9 Å². The van der Waals surface area contributed by atoms with Gasteiger partial charge in [-0.1, -0.05) is 29.8 Å². The summed E-state index contributed by atoms with van der Waals surface area (Å²) in [5.74, 6) is 1.34. The second-order valence-corrected chi connectivity index (χ2v) is 6.64. The van der Waals surface area contributed by atoms with Crippen molar-refractivity contribution in [1.82, 2.24) is 5.32 Å². The number of benzene rings is 2. The number of nitrogens with one attached hydrogen (secondary N) is 2. The predicted molar refractivity (Wildman–Crippen MR) is 102 cm³/mol. The molecule has 2 aromatic rings. The Kier molecular flexibility index (Phi) is 6.82. The molecule has 0 aliphatic heterocycles. The average molecular weight is 359 g/mol. The summed E-state index contributed by atoms with van der Waals surface area (Å²) >= 11 is 1.73.